The van der Waals surface area contributed by atoms with E-state index in [9.17, 15) is 29.4 Å². The first-order valence-electron chi connectivity index (χ1n) is 11.4. The number of esters is 2. The number of hydrogen-bond donors (Lipinski definition) is 3. The van der Waals surface area contributed by atoms with Gasteiger partial charge in [-0.25, -0.2) is 4.79 Å². The third-order valence-corrected chi connectivity index (χ3v) is 6.08. The van der Waals surface area contributed by atoms with Gasteiger partial charge in [0.15, 0.2) is 11.8 Å². The molecule has 38 heavy (non-hydrogen) atoms. The predicted octanol–water partition coefficient (Wildman–Crippen LogP) is 0.530. The fourth-order valence-electron chi connectivity index (χ4n) is 2.87. The van der Waals surface area contributed by atoms with Gasteiger partial charge < -0.3 is 28.9 Å². The minimum Gasteiger partial charge on any atom is -0.438 e. The Bertz CT molecular complexity index is 1110. The maximum Gasteiger partial charge on any atom is 0.338 e. The van der Waals surface area contributed by atoms with Crippen molar-refractivity contribution < 1.29 is 47.6 Å². The summed E-state index contributed by atoms with van der Waals surface area (Å²) >= 11 is 0. The summed E-state index contributed by atoms with van der Waals surface area (Å²) in [6.45, 7) is 8.27. The average molecular weight is 560 g/mol. The van der Waals surface area contributed by atoms with Crippen LogP contribution in [0.15, 0.2) is 21.9 Å². The molecule has 0 aromatic carbocycles. The monoisotopic (exact) mass is 560 g/mol. The third kappa shape index (κ3) is 7.94. The molecule has 2 heterocycles. The number of terminal acetylenes is 1. The first-order chi connectivity index (χ1) is 17.5. The van der Waals surface area contributed by atoms with Crippen molar-refractivity contribution in [3.05, 3.63) is 33.1 Å². The summed E-state index contributed by atoms with van der Waals surface area (Å²) in [5.74, 6) is 0.899. The summed E-state index contributed by atoms with van der Waals surface area (Å²) in [6, 6.07) is 1.01. The normalized spacial score (nSPS) is 23.7. The number of aromatic amines is 1. The number of nitrogens with one attached hydrogen (secondary N) is 1. The Morgan fingerprint density at radius 2 is 1.63 bits per heavy atom. The highest BCUT2D eigenvalue weighted by atomic mass is 31.2. The first kappa shape index (κ1) is 31.6. The number of ether oxygens (including phenoxy) is 3. The number of carbonyl (C=O) groups is 2. The van der Waals surface area contributed by atoms with Crippen molar-refractivity contribution in [3.8, 4) is 12.3 Å². The lowest BCUT2D eigenvalue weighted by molar-refractivity contribution is -0.162. The lowest BCUT2D eigenvalue weighted by atomic mass is 9.95. The van der Waals surface area contributed by atoms with Crippen molar-refractivity contribution in [2.75, 3.05) is 20.2 Å². The summed E-state index contributed by atoms with van der Waals surface area (Å²) in [7, 11) is -2.34. The van der Waals surface area contributed by atoms with Gasteiger partial charge in [0.2, 0.25) is 13.6 Å². The highest BCUT2D eigenvalue weighted by molar-refractivity contribution is 7.41. The number of aliphatic hydroxyl groups is 2. The fraction of sp³-hybridized carbons (Fsp3) is 0.652. The molecule has 0 radical (unpaired) electrons. The van der Waals surface area contributed by atoms with Gasteiger partial charge >= 0.3 is 26.2 Å². The molecule has 0 amide bonds. The molecular formula is C23H33N2O12P. The second-order valence-electron chi connectivity index (χ2n) is 10.3. The SMILES string of the molecule is C#CC1(O)C(n2ccc(=O)[nH]c2=O)OC(COP(OCOC(=O)C(C)(C)C)OCOC(=O)C(C)(C)C)[C@@H]1O. The Hall–Kier alpha value is -2.63. The summed E-state index contributed by atoms with van der Waals surface area (Å²) in [5, 5.41) is 21.6. The van der Waals surface area contributed by atoms with E-state index in [0.717, 1.165) is 16.8 Å². The van der Waals surface area contributed by atoms with Crippen LogP contribution in [0.25, 0.3) is 0 Å². The molecule has 4 atom stereocenters. The van der Waals surface area contributed by atoms with Crippen LogP contribution in [0, 0.1) is 23.2 Å². The minimum atomic E-state index is -2.37. The summed E-state index contributed by atoms with van der Waals surface area (Å²) in [4.78, 5) is 49.6. The van der Waals surface area contributed by atoms with E-state index in [1.807, 2.05) is 10.9 Å². The van der Waals surface area contributed by atoms with Crippen molar-refractivity contribution in [1.29, 1.82) is 0 Å². The molecule has 0 aliphatic carbocycles. The molecule has 2 rings (SSSR count). The van der Waals surface area contributed by atoms with E-state index in [-0.39, 0.29) is 0 Å². The maximum atomic E-state index is 12.2. The molecule has 1 aromatic rings. The summed E-state index contributed by atoms with van der Waals surface area (Å²) in [5.41, 5.74) is -5.59. The standard InChI is InChI=1S/C23H33N2O12P/c1-8-23(31)16(27)14(37-17(23)25-10-9-15(26)24-20(25)30)11-34-38(35-12-32-18(28)21(2,3)4)36-13-33-19(29)22(5,6)7/h1,9-10,14,16-17,27,31H,11-13H2,2-7H3,(H,24,26,30)/t14?,16-,17?,23?/m0/s1. The number of nitrogens with zero attached hydrogens (tertiary/aromatic N) is 1. The van der Waals surface area contributed by atoms with Crippen molar-refractivity contribution in [2.24, 2.45) is 10.8 Å². The molecule has 1 fully saturated rings. The Morgan fingerprint density at radius 3 is 2.08 bits per heavy atom. The third-order valence-electron chi connectivity index (χ3n) is 5.08. The molecular weight excluding hydrogens is 527 g/mol. The average Bonchev–Trinajstić information content (AvgIpc) is 3.06. The van der Waals surface area contributed by atoms with Gasteiger partial charge in [-0.1, -0.05) is 5.92 Å². The maximum absolute atomic E-state index is 12.2. The zero-order valence-corrected chi connectivity index (χ0v) is 22.9. The molecule has 1 aliphatic rings. The number of rotatable bonds is 10. The minimum absolute atomic E-state index is 0.480. The second-order valence-corrected chi connectivity index (χ2v) is 11.6. The Labute approximate surface area is 220 Å². The van der Waals surface area contributed by atoms with E-state index < -0.39 is 86.8 Å². The number of hydrogen-bond acceptors (Lipinski definition) is 12. The molecule has 1 aromatic heterocycles. The largest absolute Gasteiger partial charge is 0.438 e. The van der Waals surface area contributed by atoms with Gasteiger partial charge in [0.25, 0.3) is 5.56 Å². The summed E-state index contributed by atoms with van der Waals surface area (Å²) < 4.78 is 32.7. The van der Waals surface area contributed by atoms with E-state index in [4.69, 9.17) is 34.2 Å². The van der Waals surface area contributed by atoms with Crippen LogP contribution in [-0.4, -0.2) is 69.7 Å². The van der Waals surface area contributed by atoms with Crippen LogP contribution >= 0.6 is 8.60 Å². The van der Waals surface area contributed by atoms with Gasteiger partial charge in [-0.3, -0.25) is 33.0 Å². The molecule has 15 heteroatoms. The van der Waals surface area contributed by atoms with Crippen LogP contribution in [0.2, 0.25) is 0 Å². The highest BCUT2D eigenvalue weighted by Gasteiger charge is 2.56. The van der Waals surface area contributed by atoms with Gasteiger partial charge in [0.05, 0.1) is 17.4 Å². The van der Waals surface area contributed by atoms with Crippen molar-refractivity contribution >= 4 is 20.5 Å². The van der Waals surface area contributed by atoms with Gasteiger partial charge in [-0.15, -0.1) is 6.42 Å². The second kappa shape index (κ2) is 12.5. The van der Waals surface area contributed by atoms with Crippen LogP contribution in [0.5, 0.6) is 0 Å². The quantitative estimate of drug-likeness (QED) is 0.156. The van der Waals surface area contributed by atoms with Gasteiger partial charge in [0.1, 0.15) is 12.2 Å². The molecule has 14 nitrogen and oxygen atoms in total. The molecule has 0 bridgehead atoms. The zero-order chi connectivity index (χ0) is 28.9. The Morgan fingerprint density at radius 1 is 1.11 bits per heavy atom. The van der Waals surface area contributed by atoms with E-state index in [0.29, 0.717) is 0 Å². The molecule has 3 unspecified atom stereocenters. The number of aliphatic hydroxyl groups excluding tert-OH is 1. The van der Waals surface area contributed by atoms with E-state index >= 15 is 0 Å². The van der Waals surface area contributed by atoms with E-state index in [1.54, 1.807) is 41.5 Å². The van der Waals surface area contributed by atoms with Gasteiger partial charge in [-0.2, -0.15) is 0 Å². The van der Waals surface area contributed by atoms with Crippen LogP contribution in [-0.2, 0) is 37.4 Å². The molecule has 0 spiro atoms. The molecule has 0 saturated carbocycles. The van der Waals surface area contributed by atoms with E-state index in [1.165, 1.54) is 0 Å². The fourth-order valence-corrected chi connectivity index (χ4v) is 3.64. The number of H-pyrrole nitrogens is 1. The summed E-state index contributed by atoms with van der Waals surface area (Å²) in [6.07, 6.45) is 1.86. The topological polar surface area (TPSA) is 185 Å². The van der Waals surface area contributed by atoms with Gasteiger partial charge in [0, 0.05) is 12.3 Å². The van der Waals surface area contributed by atoms with Crippen LogP contribution in [0.4, 0.5) is 0 Å². The van der Waals surface area contributed by atoms with Crippen LogP contribution in [0.3, 0.4) is 0 Å². The number of carbonyl (C=O) groups excluding carboxylic acids is 2. The van der Waals surface area contributed by atoms with Crippen LogP contribution < -0.4 is 11.2 Å². The van der Waals surface area contributed by atoms with E-state index in [2.05, 4.69) is 0 Å². The number of aromatic nitrogens is 2. The Kier molecular flexibility index (Phi) is 10.4. The molecule has 1 saturated heterocycles. The lowest BCUT2D eigenvalue weighted by Gasteiger charge is -2.26. The predicted molar refractivity (Wildman–Crippen MR) is 131 cm³/mol. The van der Waals surface area contributed by atoms with Crippen LogP contribution in [0.1, 0.15) is 47.8 Å². The smallest absolute Gasteiger partial charge is 0.338 e. The first-order valence-corrected chi connectivity index (χ1v) is 12.5. The van der Waals surface area contributed by atoms with Gasteiger partial charge in [-0.05, 0) is 41.5 Å². The molecule has 1 aliphatic heterocycles. The Balaban J connectivity index is 2.11. The molecule has 3 N–H and O–H groups in total. The molecule has 212 valence electrons. The van der Waals surface area contributed by atoms with Crippen molar-refractivity contribution in [3.63, 3.8) is 0 Å². The lowest BCUT2D eigenvalue weighted by Crippen LogP contribution is -2.48. The van der Waals surface area contributed by atoms with Crippen molar-refractivity contribution in [1.82, 2.24) is 9.55 Å². The van der Waals surface area contributed by atoms with Crippen molar-refractivity contribution in [2.45, 2.75) is 65.6 Å². The zero-order valence-electron chi connectivity index (χ0n) is 22.0. The highest BCUT2D eigenvalue weighted by Crippen LogP contribution is 2.43.